The van der Waals surface area contributed by atoms with Gasteiger partial charge in [0.2, 0.25) is 0 Å². The molecular weight excluding hydrogens is 104 g/mol. The predicted octanol–water partition coefficient (Wildman–Crippen LogP) is 1.75. The second-order valence-electron chi connectivity index (χ2n) is 1.72. The van der Waals surface area contributed by atoms with Gasteiger partial charge in [0.15, 0.2) is 0 Å². The molecule has 0 aromatic heterocycles. The van der Waals surface area contributed by atoms with Crippen molar-refractivity contribution in [2.24, 2.45) is 0 Å². The summed E-state index contributed by atoms with van der Waals surface area (Å²) in [6, 6.07) is 0. The fraction of sp³-hybridized carbons (Fsp3) is 1.00. The minimum absolute atomic E-state index is 0.231. The van der Waals surface area contributed by atoms with Gasteiger partial charge >= 0.3 is 0 Å². The van der Waals surface area contributed by atoms with Crippen LogP contribution in [-0.2, 0) is 9.78 Å². The zero-order chi connectivity index (χ0) is 6.41. The summed E-state index contributed by atoms with van der Waals surface area (Å²) in [4.78, 5) is 9.53. The van der Waals surface area contributed by atoms with Gasteiger partial charge in [-0.25, -0.2) is 9.78 Å². The zero-order valence-corrected chi connectivity index (χ0v) is 5.81. The molecule has 0 heterocycles. The molecule has 2 nitrogen and oxygen atoms in total. The third-order valence-electron chi connectivity index (χ3n) is 0.925. The van der Waals surface area contributed by atoms with Gasteiger partial charge < -0.3 is 0 Å². The van der Waals surface area contributed by atoms with E-state index in [1.165, 1.54) is 0 Å². The maximum Gasteiger partial charge on any atom is 0.0899 e. The Morgan fingerprint density at radius 2 is 2.00 bits per heavy atom. The fourth-order valence-electron chi connectivity index (χ4n) is 0.252. The van der Waals surface area contributed by atoms with Crippen LogP contribution in [0.4, 0.5) is 0 Å². The van der Waals surface area contributed by atoms with Crippen LogP contribution in [-0.4, -0.2) is 12.7 Å². The highest BCUT2D eigenvalue weighted by molar-refractivity contribution is 4.37. The van der Waals surface area contributed by atoms with Crippen LogP contribution >= 0.6 is 0 Å². The van der Waals surface area contributed by atoms with E-state index in [1.54, 1.807) is 0 Å². The van der Waals surface area contributed by atoms with Crippen LogP contribution < -0.4 is 0 Å². The first-order chi connectivity index (χ1) is 3.81. The lowest BCUT2D eigenvalue weighted by molar-refractivity contribution is -0.317. The smallest absolute Gasteiger partial charge is 0.0899 e. The molecule has 0 bridgehead atoms. The van der Waals surface area contributed by atoms with Crippen LogP contribution in [0, 0.1) is 0 Å². The molecule has 0 saturated carbocycles. The van der Waals surface area contributed by atoms with E-state index in [2.05, 4.69) is 11.8 Å². The highest BCUT2D eigenvalue weighted by Gasteiger charge is 1.95. The summed E-state index contributed by atoms with van der Waals surface area (Å²) < 4.78 is 0. The van der Waals surface area contributed by atoms with Crippen molar-refractivity contribution < 1.29 is 9.78 Å². The van der Waals surface area contributed by atoms with E-state index in [0.29, 0.717) is 6.61 Å². The van der Waals surface area contributed by atoms with Gasteiger partial charge in [0.1, 0.15) is 0 Å². The maximum atomic E-state index is 4.84. The van der Waals surface area contributed by atoms with Crippen molar-refractivity contribution in [2.45, 2.75) is 33.3 Å². The number of hydrogen-bond donors (Lipinski definition) is 0. The molecule has 1 atom stereocenters. The van der Waals surface area contributed by atoms with Crippen LogP contribution in [0.15, 0.2) is 0 Å². The maximum absolute atomic E-state index is 4.84. The Bertz CT molecular complexity index is 45.8. The Kier molecular flexibility index (Phi) is 5.01. The van der Waals surface area contributed by atoms with Gasteiger partial charge in [-0.2, -0.15) is 0 Å². The summed E-state index contributed by atoms with van der Waals surface area (Å²) in [6.07, 6.45) is 1.23. The molecule has 0 aliphatic rings. The van der Waals surface area contributed by atoms with Gasteiger partial charge in [-0.3, -0.25) is 0 Å². The molecule has 0 aliphatic carbocycles. The average molecular weight is 118 g/mol. The molecular formula is C6H14O2. The lowest BCUT2D eigenvalue weighted by Gasteiger charge is -2.06. The third-order valence-corrected chi connectivity index (χ3v) is 0.925. The molecule has 0 aliphatic heterocycles. The summed E-state index contributed by atoms with van der Waals surface area (Å²) in [5, 5.41) is 0. The van der Waals surface area contributed by atoms with Crippen molar-refractivity contribution in [1.29, 1.82) is 0 Å². The second kappa shape index (κ2) is 5.06. The minimum Gasteiger partial charge on any atom is -0.237 e. The van der Waals surface area contributed by atoms with Gasteiger partial charge in [0.25, 0.3) is 0 Å². The Balaban J connectivity index is 2.86. The van der Waals surface area contributed by atoms with Crippen molar-refractivity contribution in [3.05, 3.63) is 0 Å². The lowest BCUT2D eigenvalue weighted by Crippen LogP contribution is -2.06. The second-order valence-corrected chi connectivity index (χ2v) is 1.72. The average Bonchev–Trinajstić information content (AvgIpc) is 1.83. The van der Waals surface area contributed by atoms with Crippen LogP contribution in [0.2, 0.25) is 0 Å². The Morgan fingerprint density at radius 1 is 1.38 bits per heavy atom. The molecule has 2 heteroatoms. The number of hydrogen-bond acceptors (Lipinski definition) is 2. The molecule has 8 heavy (non-hydrogen) atoms. The van der Waals surface area contributed by atoms with Crippen molar-refractivity contribution in [3.8, 4) is 0 Å². The normalized spacial score (nSPS) is 13.9. The molecule has 0 rings (SSSR count). The molecule has 1 unspecified atom stereocenters. The van der Waals surface area contributed by atoms with Crippen LogP contribution in [0.1, 0.15) is 27.2 Å². The first-order valence-corrected chi connectivity index (χ1v) is 3.09. The topological polar surface area (TPSA) is 18.5 Å². The summed E-state index contributed by atoms with van der Waals surface area (Å²) in [7, 11) is 0. The SMILES string of the molecule is CCOOC(C)CC. The van der Waals surface area contributed by atoms with Crippen molar-refractivity contribution >= 4 is 0 Å². The predicted molar refractivity (Wildman–Crippen MR) is 32.5 cm³/mol. The quantitative estimate of drug-likeness (QED) is 0.413. The highest BCUT2D eigenvalue weighted by atomic mass is 17.2. The molecule has 0 radical (unpaired) electrons. The van der Waals surface area contributed by atoms with E-state index in [-0.39, 0.29) is 6.10 Å². The van der Waals surface area contributed by atoms with Crippen LogP contribution in [0.5, 0.6) is 0 Å². The summed E-state index contributed by atoms with van der Waals surface area (Å²) >= 11 is 0. The zero-order valence-electron chi connectivity index (χ0n) is 5.81. The van der Waals surface area contributed by atoms with Crippen molar-refractivity contribution in [1.82, 2.24) is 0 Å². The van der Waals surface area contributed by atoms with E-state index in [0.717, 1.165) is 6.42 Å². The number of rotatable bonds is 4. The van der Waals surface area contributed by atoms with Crippen LogP contribution in [0.25, 0.3) is 0 Å². The monoisotopic (exact) mass is 118 g/mol. The van der Waals surface area contributed by atoms with Crippen molar-refractivity contribution in [3.63, 3.8) is 0 Å². The Hall–Kier alpha value is -0.0800. The van der Waals surface area contributed by atoms with E-state index in [9.17, 15) is 0 Å². The first-order valence-electron chi connectivity index (χ1n) is 3.09. The molecule has 50 valence electrons. The Labute approximate surface area is 50.7 Å². The lowest BCUT2D eigenvalue weighted by atomic mass is 10.3. The van der Waals surface area contributed by atoms with Gasteiger partial charge in [0, 0.05) is 0 Å². The standard InChI is InChI=1S/C6H14O2/c1-4-6(3)8-7-5-2/h6H,4-5H2,1-3H3. The van der Waals surface area contributed by atoms with Gasteiger partial charge in [-0.15, -0.1) is 0 Å². The molecule has 0 amide bonds. The molecule has 0 spiro atoms. The minimum atomic E-state index is 0.231. The van der Waals surface area contributed by atoms with E-state index < -0.39 is 0 Å². The molecule has 0 fully saturated rings. The molecule has 0 aromatic carbocycles. The summed E-state index contributed by atoms with van der Waals surface area (Å²) in [5.41, 5.74) is 0. The van der Waals surface area contributed by atoms with Gasteiger partial charge in [-0.1, -0.05) is 6.92 Å². The highest BCUT2D eigenvalue weighted by Crippen LogP contribution is 1.94. The third kappa shape index (κ3) is 4.09. The van der Waals surface area contributed by atoms with Crippen molar-refractivity contribution in [2.75, 3.05) is 6.61 Å². The van der Waals surface area contributed by atoms with E-state index in [1.807, 2.05) is 13.8 Å². The first kappa shape index (κ1) is 7.92. The Morgan fingerprint density at radius 3 is 2.38 bits per heavy atom. The molecule has 0 aromatic rings. The molecule has 0 N–H and O–H groups in total. The van der Waals surface area contributed by atoms with E-state index in [4.69, 9.17) is 4.89 Å². The van der Waals surface area contributed by atoms with E-state index >= 15 is 0 Å². The van der Waals surface area contributed by atoms with Crippen LogP contribution in [0.3, 0.4) is 0 Å². The largest absolute Gasteiger partial charge is 0.237 e. The summed E-state index contributed by atoms with van der Waals surface area (Å²) in [6.45, 7) is 6.58. The fourth-order valence-corrected chi connectivity index (χ4v) is 0.252. The van der Waals surface area contributed by atoms with Gasteiger partial charge in [-0.05, 0) is 20.3 Å². The molecule has 0 saturated heterocycles. The summed E-state index contributed by atoms with van der Waals surface area (Å²) in [5.74, 6) is 0. The van der Waals surface area contributed by atoms with Gasteiger partial charge in [0.05, 0.1) is 12.7 Å².